The van der Waals surface area contributed by atoms with Gasteiger partial charge in [-0.1, -0.05) is 0 Å². The lowest BCUT2D eigenvalue weighted by Gasteiger charge is -2.30. The van der Waals surface area contributed by atoms with Crippen molar-refractivity contribution < 1.29 is 14.0 Å². The molecule has 120 valence electrons. The molecule has 3 atom stereocenters. The van der Waals surface area contributed by atoms with Gasteiger partial charge in [-0.3, -0.25) is 9.59 Å². The summed E-state index contributed by atoms with van der Waals surface area (Å²) in [7, 11) is 0. The molecule has 0 spiro atoms. The minimum atomic E-state index is -0.112. The number of amides is 1. The molecule has 0 saturated carbocycles. The van der Waals surface area contributed by atoms with Crippen LogP contribution in [0.2, 0.25) is 0 Å². The van der Waals surface area contributed by atoms with Gasteiger partial charge in [-0.25, -0.2) is 0 Å². The molecule has 1 N–H and O–H groups in total. The number of hydrogen-bond donors (Lipinski definition) is 1. The molecule has 5 heteroatoms. The third-order valence-corrected chi connectivity index (χ3v) is 4.93. The Morgan fingerprint density at radius 1 is 1.26 bits per heavy atom. The van der Waals surface area contributed by atoms with Crippen molar-refractivity contribution in [1.82, 2.24) is 10.2 Å². The fraction of sp³-hybridized carbons (Fsp3) is 0.444. The molecule has 1 aromatic heterocycles. The number of rotatable bonds is 3. The monoisotopic (exact) mass is 312 g/mol. The molecular weight excluding hydrogens is 292 g/mol. The SMILES string of the molecule is CC(=O)c1cc2cc(C(=O)NC3CC4CCN(C4)C3)ccc2o1. The van der Waals surface area contributed by atoms with Gasteiger partial charge in [-0.15, -0.1) is 0 Å². The number of carbonyl (C=O) groups excluding carboxylic acids is 2. The van der Waals surface area contributed by atoms with E-state index in [-0.39, 0.29) is 17.7 Å². The van der Waals surface area contributed by atoms with Crippen molar-refractivity contribution in [3.8, 4) is 0 Å². The number of piperidine rings is 1. The van der Waals surface area contributed by atoms with Gasteiger partial charge in [0.05, 0.1) is 0 Å². The molecule has 5 nitrogen and oxygen atoms in total. The summed E-state index contributed by atoms with van der Waals surface area (Å²) in [6.45, 7) is 4.76. The number of benzene rings is 1. The van der Waals surface area contributed by atoms with Gasteiger partial charge in [0.15, 0.2) is 11.5 Å². The second-order valence-electron chi connectivity index (χ2n) is 6.74. The highest BCUT2D eigenvalue weighted by Gasteiger charge is 2.33. The van der Waals surface area contributed by atoms with Gasteiger partial charge in [-0.2, -0.15) is 0 Å². The average molecular weight is 312 g/mol. The van der Waals surface area contributed by atoms with Gasteiger partial charge in [0.2, 0.25) is 0 Å². The van der Waals surface area contributed by atoms with Crippen LogP contribution in [0.25, 0.3) is 11.0 Å². The fourth-order valence-electron chi connectivity index (χ4n) is 3.79. The van der Waals surface area contributed by atoms with Gasteiger partial charge in [-0.05, 0) is 49.6 Å². The van der Waals surface area contributed by atoms with Gasteiger partial charge in [0.1, 0.15) is 5.58 Å². The van der Waals surface area contributed by atoms with E-state index in [1.54, 1.807) is 24.3 Å². The van der Waals surface area contributed by atoms with Crippen LogP contribution >= 0.6 is 0 Å². The first-order valence-corrected chi connectivity index (χ1v) is 8.16. The van der Waals surface area contributed by atoms with Crippen LogP contribution in [0.5, 0.6) is 0 Å². The van der Waals surface area contributed by atoms with E-state index in [1.807, 2.05) is 0 Å². The van der Waals surface area contributed by atoms with E-state index >= 15 is 0 Å². The van der Waals surface area contributed by atoms with Crippen molar-refractivity contribution in [2.75, 3.05) is 19.6 Å². The average Bonchev–Trinajstić information content (AvgIpc) is 3.09. The molecule has 2 aliphatic heterocycles. The Kier molecular flexibility index (Phi) is 3.45. The Hall–Kier alpha value is -2.14. The molecule has 2 fully saturated rings. The lowest BCUT2D eigenvalue weighted by Crippen LogP contribution is -2.47. The van der Waals surface area contributed by atoms with E-state index in [2.05, 4.69) is 10.2 Å². The van der Waals surface area contributed by atoms with E-state index < -0.39 is 0 Å². The topological polar surface area (TPSA) is 62.6 Å². The lowest BCUT2D eigenvalue weighted by atomic mass is 9.96. The number of nitrogens with one attached hydrogen (secondary N) is 1. The third-order valence-electron chi connectivity index (χ3n) is 4.93. The van der Waals surface area contributed by atoms with Gasteiger partial charge < -0.3 is 14.6 Å². The molecular formula is C18H20N2O3. The number of Topliss-reactive ketones (excluding diaryl/α,β-unsaturated/α-hetero) is 1. The molecule has 3 unspecified atom stereocenters. The second kappa shape index (κ2) is 5.49. The summed E-state index contributed by atoms with van der Waals surface area (Å²) >= 11 is 0. The number of hydrogen-bond acceptors (Lipinski definition) is 4. The molecule has 0 aliphatic carbocycles. The Morgan fingerprint density at radius 3 is 2.91 bits per heavy atom. The minimum absolute atomic E-state index is 0.0509. The summed E-state index contributed by atoms with van der Waals surface area (Å²) < 4.78 is 5.46. The van der Waals surface area contributed by atoms with Crippen LogP contribution in [0, 0.1) is 5.92 Å². The van der Waals surface area contributed by atoms with Crippen molar-refractivity contribution in [2.45, 2.75) is 25.8 Å². The summed E-state index contributed by atoms with van der Waals surface area (Å²) in [5, 5.41) is 3.94. The van der Waals surface area contributed by atoms with E-state index in [4.69, 9.17) is 4.42 Å². The molecule has 4 rings (SSSR count). The van der Waals surface area contributed by atoms with Crippen molar-refractivity contribution in [2.24, 2.45) is 5.92 Å². The van der Waals surface area contributed by atoms with Crippen molar-refractivity contribution >= 4 is 22.7 Å². The highest BCUT2D eigenvalue weighted by Crippen LogP contribution is 2.27. The van der Waals surface area contributed by atoms with Gasteiger partial charge in [0, 0.05) is 37.0 Å². The predicted octanol–water partition coefficient (Wildman–Crippen LogP) is 2.46. The van der Waals surface area contributed by atoms with E-state index in [1.165, 1.54) is 19.9 Å². The van der Waals surface area contributed by atoms with Crippen molar-refractivity contribution in [3.63, 3.8) is 0 Å². The standard InChI is InChI=1S/C18H20N2O3/c1-11(21)17-8-14-7-13(2-3-16(14)23-17)18(22)19-15-6-12-4-5-20(9-12)10-15/h2-3,7-8,12,15H,4-6,9-10H2,1H3,(H,19,22). The summed E-state index contributed by atoms with van der Waals surface area (Å²) in [5.41, 5.74) is 1.25. The highest BCUT2D eigenvalue weighted by atomic mass is 16.3. The molecule has 2 aromatic rings. The third kappa shape index (κ3) is 2.77. The molecule has 0 radical (unpaired) electrons. The van der Waals surface area contributed by atoms with E-state index in [0.29, 0.717) is 16.9 Å². The number of nitrogens with zero attached hydrogens (tertiary/aromatic N) is 1. The van der Waals surface area contributed by atoms with Gasteiger partial charge in [0.25, 0.3) is 5.91 Å². The normalized spacial score (nSPS) is 26.4. The first kappa shape index (κ1) is 14.5. The van der Waals surface area contributed by atoms with Crippen LogP contribution in [-0.4, -0.2) is 42.3 Å². The molecule has 2 bridgehead atoms. The van der Waals surface area contributed by atoms with Crippen LogP contribution in [0.15, 0.2) is 28.7 Å². The number of furan rings is 1. The Balaban J connectivity index is 1.51. The van der Waals surface area contributed by atoms with Crippen molar-refractivity contribution in [3.05, 3.63) is 35.6 Å². The molecule has 2 saturated heterocycles. The van der Waals surface area contributed by atoms with Crippen LogP contribution < -0.4 is 5.32 Å². The Morgan fingerprint density at radius 2 is 2.13 bits per heavy atom. The summed E-state index contributed by atoms with van der Waals surface area (Å²) in [6, 6.07) is 7.23. The zero-order valence-corrected chi connectivity index (χ0v) is 13.2. The predicted molar refractivity (Wildman–Crippen MR) is 86.6 cm³/mol. The summed E-state index contributed by atoms with van der Waals surface area (Å²) in [5.74, 6) is 0.890. The molecule has 1 amide bonds. The Labute approximate surface area is 134 Å². The van der Waals surface area contributed by atoms with Crippen LogP contribution in [0.1, 0.15) is 40.7 Å². The smallest absolute Gasteiger partial charge is 0.251 e. The number of ketones is 1. The molecule has 1 aromatic carbocycles. The summed E-state index contributed by atoms with van der Waals surface area (Å²) in [6.07, 6.45) is 2.33. The molecule has 23 heavy (non-hydrogen) atoms. The summed E-state index contributed by atoms with van der Waals surface area (Å²) in [4.78, 5) is 26.3. The van der Waals surface area contributed by atoms with Gasteiger partial charge >= 0.3 is 0 Å². The van der Waals surface area contributed by atoms with Crippen molar-refractivity contribution in [1.29, 1.82) is 0 Å². The van der Waals surface area contributed by atoms with Crippen LogP contribution in [0.3, 0.4) is 0 Å². The Bertz CT molecular complexity index is 768. The first-order valence-electron chi connectivity index (χ1n) is 8.16. The number of fused-ring (bicyclic) bond motifs is 3. The van der Waals surface area contributed by atoms with E-state index in [0.717, 1.165) is 30.8 Å². The second-order valence-corrected chi connectivity index (χ2v) is 6.74. The highest BCUT2D eigenvalue weighted by molar-refractivity contribution is 6.00. The van der Waals surface area contributed by atoms with Crippen LogP contribution in [-0.2, 0) is 0 Å². The molecule has 2 aliphatic rings. The fourth-order valence-corrected chi connectivity index (χ4v) is 3.79. The zero-order valence-electron chi connectivity index (χ0n) is 13.2. The quantitative estimate of drug-likeness (QED) is 0.884. The maximum atomic E-state index is 12.5. The maximum absolute atomic E-state index is 12.5. The first-order chi connectivity index (χ1) is 11.1. The molecule has 3 heterocycles. The zero-order chi connectivity index (χ0) is 16.0. The minimum Gasteiger partial charge on any atom is -0.453 e. The van der Waals surface area contributed by atoms with E-state index in [9.17, 15) is 9.59 Å². The lowest BCUT2D eigenvalue weighted by molar-refractivity contribution is 0.0908. The maximum Gasteiger partial charge on any atom is 0.251 e. The number of carbonyl (C=O) groups is 2. The van der Waals surface area contributed by atoms with Crippen LogP contribution in [0.4, 0.5) is 0 Å². The largest absolute Gasteiger partial charge is 0.453 e.